The third-order valence-corrected chi connectivity index (χ3v) is 12.9. The number of benzene rings is 2. The highest BCUT2D eigenvalue weighted by Gasteiger charge is 2.39. The van der Waals surface area contributed by atoms with Crippen LogP contribution in [0.15, 0.2) is 36.4 Å². The Balaban J connectivity index is 0.000000337. The number of aromatic amines is 2. The molecule has 0 radical (unpaired) electrons. The van der Waals surface area contributed by atoms with Crippen LogP contribution in [0, 0.1) is 23.7 Å². The second-order valence-corrected chi connectivity index (χ2v) is 16.9. The van der Waals surface area contributed by atoms with Crippen molar-refractivity contribution in [3.8, 4) is 23.1 Å². The van der Waals surface area contributed by atoms with Crippen molar-refractivity contribution in [2.75, 3.05) is 60.8 Å². The summed E-state index contributed by atoms with van der Waals surface area (Å²) in [6.07, 6.45) is 7.86. The third kappa shape index (κ3) is 12.1. The van der Waals surface area contributed by atoms with Crippen LogP contribution < -0.4 is 10.6 Å². The Labute approximate surface area is 383 Å². The summed E-state index contributed by atoms with van der Waals surface area (Å²) in [4.78, 5) is 64.5. The summed E-state index contributed by atoms with van der Waals surface area (Å²) >= 11 is 13.1. The zero-order valence-corrected chi connectivity index (χ0v) is 38.3. The number of H-pyrrole nitrogens is 2. The van der Waals surface area contributed by atoms with Gasteiger partial charge in [0.15, 0.2) is 5.15 Å². The molecule has 0 saturated carbocycles. The largest absolute Gasteiger partial charge is 0.471 e. The van der Waals surface area contributed by atoms with E-state index < -0.39 is 0 Å². The van der Waals surface area contributed by atoms with Crippen molar-refractivity contribution in [2.45, 2.75) is 82.5 Å². The molecule has 0 aliphatic carbocycles. The molecule has 0 bridgehead atoms. The van der Waals surface area contributed by atoms with Crippen molar-refractivity contribution in [3.05, 3.63) is 69.6 Å². The van der Waals surface area contributed by atoms with E-state index in [2.05, 4.69) is 53.0 Å². The van der Waals surface area contributed by atoms with Gasteiger partial charge in [-0.1, -0.05) is 47.3 Å². The van der Waals surface area contributed by atoms with E-state index in [0.29, 0.717) is 65.5 Å². The first-order valence-corrected chi connectivity index (χ1v) is 22.6. The number of halogens is 2. The molecular weight excluding hydrogens is 863 g/mol. The number of aromatic nitrogens is 4. The van der Waals surface area contributed by atoms with E-state index in [4.69, 9.17) is 42.5 Å². The molecular formula is C46H58Cl2N8O8. The average Bonchev–Trinajstić information content (AvgIpc) is 4.16. The molecule has 2 aromatic heterocycles. The Morgan fingerprint density at radius 2 is 1.50 bits per heavy atom. The van der Waals surface area contributed by atoms with Crippen LogP contribution >= 0.6 is 23.2 Å². The number of nitrogens with zero attached hydrogens (tertiary/aromatic N) is 4. The minimum absolute atomic E-state index is 0.0766. The Morgan fingerprint density at radius 3 is 2.17 bits per heavy atom. The molecule has 3 amide bonds. The molecule has 2 aromatic carbocycles. The second-order valence-electron chi connectivity index (χ2n) is 16.2. The van der Waals surface area contributed by atoms with Gasteiger partial charge in [0.25, 0.3) is 6.47 Å². The number of amides is 3. The fourth-order valence-electron chi connectivity index (χ4n) is 8.82. The predicted octanol–water partition coefficient (Wildman–Crippen LogP) is 6.58. The molecule has 0 spiro atoms. The minimum Gasteiger partial charge on any atom is -0.471 e. The first kappa shape index (κ1) is 48.3. The van der Waals surface area contributed by atoms with Crippen molar-refractivity contribution in [1.82, 2.24) is 40.4 Å². The maximum atomic E-state index is 13.7. The van der Waals surface area contributed by atoms with E-state index in [9.17, 15) is 14.4 Å². The number of rotatable bonds is 10. The van der Waals surface area contributed by atoms with E-state index in [1.807, 2.05) is 49.2 Å². The normalized spacial score (nSPS) is 19.8. The lowest BCUT2D eigenvalue weighted by atomic mass is 9.90. The molecule has 16 nitrogen and oxygen atoms in total. The van der Waals surface area contributed by atoms with Crippen LogP contribution in [0.25, 0.3) is 22.0 Å². The first-order valence-electron chi connectivity index (χ1n) is 21.8. The molecule has 4 saturated heterocycles. The average molecular weight is 922 g/mol. The van der Waals surface area contributed by atoms with Gasteiger partial charge in [-0.3, -0.25) is 14.4 Å². The van der Waals surface area contributed by atoms with Crippen molar-refractivity contribution in [2.24, 2.45) is 11.8 Å². The smallest absolute Gasteiger partial charge is 0.407 e. The summed E-state index contributed by atoms with van der Waals surface area (Å²) in [7, 11) is 4.55. The topological polar surface area (TPSA) is 193 Å². The number of methoxy groups -OCH3 is 2. The van der Waals surface area contributed by atoms with Crippen molar-refractivity contribution in [3.63, 3.8) is 0 Å². The Hall–Kier alpha value is -5.18. The number of likely N-dealkylation sites (tertiary alicyclic amines) is 2. The number of carbonyl (C=O) groups is 4. The van der Waals surface area contributed by atoms with Gasteiger partial charge in [0, 0.05) is 56.7 Å². The molecule has 8 rings (SSSR count). The fraction of sp³-hybridized carbons (Fsp3) is 0.522. The van der Waals surface area contributed by atoms with Gasteiger partial charge in [-0.15, -0.1) is 0 Å². The molecule has 18 heteroatoms. The lowest BCUT2D eigenvalue weighted by Gasteiger charge is -2.33. The number of hydrogen-bond donors (Lipinski definition) is 4. The number of imidazole rings is 2. The highest BCUT2D eigenvalue weighted by atomic mass is 35.5. The molecule has 4 aromatic rings. The van der Waals surface area contributed by atoms with Gasteiger partial charge in [-0.05, 0) is 112 Å². The lowest BCUT2D eigenvalue weighted by Crippen LogP contribution is -2.50. The lowest BCUT2D eigenvalue weighted by molar-refractivity contribution is -0.136. The van der Waals surface area contributed by atoms with Crippen molar-refractivity contribution < 1.29 is 38.1 Å². The summed E-state index contributed by atoms with van der Waals surface area (Å²) in [5.74, 6) is 8.65. The SMILES string of the molecule is CNC(C(=O)N1CCC[C@H]1c1nc(Cl)c(C#Cc2ccc3cc(-c4nc([C@@H]5CCCN5C=O)[nH]c4Cl)ccc3c2)[nH]1)C1CCOCC1.COC(=O)NC(C)C1CCOCC1.COC=O. The minimum atomic E-state index is -0.348. The van der Waals surface area contributed by atoms with Crippen LogP contribution in [0.1, 0.15) is 93.3 Å². The number of nitrogens with one attached hydrogen (secondary N) is 4. The molecule has 6 heterocycles. The molecule has 2 unspecified atom stereocenters. The number of hydrogen-bond acceptors (Lipinski definition) is 11. The quantitative estimate of drug-likeness (QED) is 0.0993. The maximum absolute atomic E-state index is 13.7. The van der Waals surface area contributed by atoms with Crippen LogP contribution in [0.5, 0.6) is 0 Å². The van der Waals surface area contributed by atoms with E-state index in [1.54, 1.807) is 4.90 Å². The Bertz CT molecular complexity index is 2260. The zero-order chi connectivity index (χ0) is 45.6. The van der Waals surface area contributed by atoms with Gasteiger partial charge in [-0.2, -0.15) is 0 Å². The van der Waals surface area contributed by atoms with Gasteiger partial charge in [0.2, 0.25) is 12.3 Å². The van der Waals surface area contributed by atoms with E-state index in [-0.39, 0.29) is 42.1 Å². The molecule has 4 N–H and O–H groups in total. The Morgan fingerprint density at radius 1 is 0.859 bits per heavy atom. The fourth-order valence-corrected chi connectivity index (χ4v) is 9.26. The van der Waals surface area contributed by atoms with Crippen molar-refractivity contribution in [1.29, 1.82) is 0 Å². The summed E-state index contributed by atoms with van der Waals surface area (Å²) < 4.78 is 19.1. The van der Waals surface area contributed by atoms with E-state index in [1.165, 1.54) is 14.2 Å². The van der Waals surface area contributed by atoms with Crippen LogP contribution in [0.2, 0.25) is 10.3 Å². The Kier molecular flexibility index (Phi) is 17.9. The van der Waals surface area contributed by atoms with Crippen molar-refractivity contribution >= 4 is 58.9 Å². The first-order chi connectivity index (χ1) is 31.1. The van der Waals surface area contributed by atoms with Gasteiger partial charge in [0.05, 0.1) is 32.3 Å². The number of alkyl carbamates (subject to hydrolysis) is 1. The number of fused-ring (bicyclic) bond motifs is 1. The van der Waals surface area contributed by atoms with Gasteiger partial charge >= 0.3 is 6.09 Å². The summed E-state index contributed by atoms with van der Waals surface area (Å²) in [6.45, 7) is 6.79. The van der Waals surface area contributed by atoms with Crippen LogP contribution in [-0.4, -0.2) is 127 Å². The second kappa shape index (κ2) is 23.7. The molecule has 64 heavy (non-hydrogen) atoms. The maximum Gasteiger partial charge on any atom is 0.407 e. The van der Waals surface area contributed by atoms with Gasteiger partial charge in [-0.25, -0.2) is 14.8 Å². The summed E-state index contributed by atoms with van der Waals surface area (Å²) in [5, 5.41) is 8.86. The van der Waals surface area contributed by atoms with E-state index in [0.717, 1.165) is 99.4 Å². The molecule has 4 atom stereocenters. The highest BCUT2D eigenvalue weighted by Crippen LogP contribution is 2.36. The summed E-state index contributed by atoms with van der Waals surface area (Å²) in [5.41, 5.74) is 2.93. The highest BCUT2D eigenvalue weighted by molar-refractivity contribution is 6.32. The number of likely N-dealkylation sites (N-methyl/N-ethyl adjacent to an activating group) is 1. The van der Waals surface area contributed by atoms with Gasteiger partial charge < -0.3 is 49.3 Å². The number of carbonyl (C=O) groups excluding carboxylic acids is 4. The molecule has 4 fully saturated rings. The van der Waals surface area contributed by atoms with Crippen LogP contribution in [0.3, 0.4) is 0 Å². The van der Waals surface area contributed by atoms with Crippen LogP contribution in [-0.2, 0) is 33.3 Å². The molecule has 4 aliphatic rings. The van der Waals surface area contributed by atoms with E-state index >= 15 is 0 Å². The van der Waals surface area contributed by atoms with Gasteiger partial charge in [0.1, 0.15) is 28.2 Å². The summed E-state index contributed by atoms with van der Waals surface area (Å²) in [6, 6.07) is 11.8. The monoisotopic (exact) mass is 920 g/mol. The van der Waals surface area contributed by atoms with Crippen LogP contribution in [0.4, 0.5) is 4.79 Å². The standard InChI is InChI=1S/C35H37Cl2N7O3.C9H17NO3.C2H4O2/c1-38-30(22-12-16-47-17-13-22)35(46)44-15-3-5-28(44)34-39-26(31(36)41-34)11-7-21-6-8-24-19-25(10-9-23(24)18-21)29-32(37)42-33(40-29)27-4-2-14-43(27)20-45;1-7(10-9(11)12-2)8-3-5-13-6-4-8;1-4-2-3/h6,8-10,18-20,22,27-28,30,38H,2-5,12-17H2,1H3,(H,39,41)(H,40,42);7-8H,3-6H2,1-2H3,(H,10,11);2H,1H3/t27-,28-,30?;;/m0../s1. The molecule has 4 aliphatic heterocycles. The number of ether oxygens (including phenoxy) is 4. The zero-order valence-electron chi connectivity index (χ0n) is 36.8. The third-order valence-electron chi connectivity index (χ3n) is 12.3. The predicted molar refractivity (Wildman–Crippen MR) is 243 cm³/mol. The molecule has 344 valence electrons.